The van der Waals surface area contributed by atoms with Gasteiger partial charge in [-0.05, 0) is 43.7 Å². The maximum Gasteiger partial charge on any atom is 0.339 e. The number of amides is 2. The summed E-state index contributed by atoms with van der Waals surface area (Å²) in [6.07, 6.45) is 1.83. The minimum absolute atomic E-state index is 0.00166. The van der Waals surface area contributed by atoms with Crippen molar-refractivity contribution in [1.82, 2.24) is 9.47 Å². The largest absolute Gasteiger partial charge is 0.465 e. The zero-order chi connectivity index (χ0) is 19.6. The molecule has 7 heteroatoms. The van der Waals surface area contributed by atoms with Crippen molar-refractivity contribution in [2.45, 2.75) is 39.3 Å². The van der Waals surface area contributed by atoms with Crippen LogP contribution in [-0.2, 0) is 11.3 Å². The molecule has 6 nitrogen and oxygen atoms in total. The number of nitrogens with one attached hydrogen (secondary N) is 1. The highest BCUT2D eigenvalue weighted by Gasteiger charge is 2.31. The molecule has 0 saturated heterocycles. The molecule has 144 valence electrons. The highest BCUT2D eigenvalue weighted by molar-refractivity contribution is 6.31. The molecular formula is C20H24ClN3O3. The highest BCUT2D eigenvalue weighted by atomic mass is 35.5. The van der Waals surface area contributed by atoms with E-state index >= 15 is 0 Å². The Morgan fingerprint density at radius 3 is 2.74 bits per heavy atom. The fourth-order valence-electron chi connectivity index (χ4n) is 3.62. The summed E-state index contributed by atoms with van der Waals surface area (Å²) >= 11 is 6.06. The second kappa shape index (κ2) is 8.05. The van der Waals surface area contributed by atoms with Gasteiger partial charge in [-0.3, -0.25) is 0 Å². The number of aromatic nitrogens is 1. The van der Waals surface area contributed by atoms with Crippen LogP contribution in [0.15, 0.2) is 30.3 Å². The van der Waals surface area contributed by atoms with E-state index in [1.165, 1.54) is 12.8 Å². The van der Waals surface area contributed by atoms with E-state index in [-0.39, 0.29) is 17.6 Å². The number of carbonyl (C=O) groups excluding carboxylic acids is 2. The lowest BCUT2D eigenvalue weighted by Crippen LogP contribution is -2.44. The van der Waals surface area contributed by atoms with Gasteiger partial charge in [0.05, 0.1) is 24.4 Å². The normalized spacial score (nSPS) is 16.0. The van der Waals surface area contributed by atoms with Gasteiger partial charge in [-0.15, -0.1) is 0 Å². The average Bonchev–Trinajstić information content (AvgIpc) is 3.03. The van der Waals surface area contributed by atoms with Gasteiger partial charge >= 0.3 is 12.0 Å². The first kappa shape index (κ1) is 19.3. The molecule has 1 aliphatic rings. The van der Waals surface area contributed by atoms with E-state index in [0.717, 1.165) is 25.1 Å². The Morgan fingerprint density at radius 1 is 1.26 bits per heavy atom. The van der Waals surface area contributed by atoms with Crippen molar-refractivity contribution in [3.63, 3.8) is 0 Å². The van der Waals surface area contributed by atoms with Gasteiger partial charge in [0, 0.05) is 29.5 Å². The Bertz CT molecular complexity index is 862. The van der Waals surface area contributed by atoms with E-state index in [0.29, 0.717) is 17.3 Å². The van der Waals surface area contributed by atoms with Crippen LogP contribution >= 0.6 is 11.6 Å². The first-order valence-corrected chi connectivity index (χ1v) is 9.45. The van der Waals surface area contributed by atoms with Crippen LogP contribution in [0.3, 0.4) is 0 Å². The Balaban J connectivity index is 1.88. The second-order valence-electron chi connectivity index (χ2n) is 6.66. The maximum atomic E-state index is 13.1. The molecule has 0 saturated carbocycles. The zero-order valence-corrected chi connectivity index (χ0v) is 16.5. The first-order valence-electron chi connectivity index (χ1n) is 9.07. The minimum Gasteiger partial charge on any atom is -0.465 e. The number of methoxy groups -OCH3 is 1. The van der Waals surface area contributed by atoms with Gasteiger partial charge < -0.3 is 19.5 Å². The molecule has 0 aliphatic carbocycles. The number of aryl methyl sites for hydroxylation is 1. The molecule has 0 bridgehead atoms. The molecular weight excluding hydrogens is 366 g/mol. The van der Waals surface area contributed by atoms with Crippen molar-refractivity contribution < 1.29 is 14.3 Å². The van der Waals surface area contributed by atoms with E-state index < -0.39 is 5.97 Å². The summed E-state index contributed by atoms with van der Waals surface area (Å²) in [7, 11) is 1.31. The number of benzene rings is 1. The first-order chi connectivity index (χ1) is 13.0. The van der Waals surface area contributed by atoms with E-state index in [9.17, 15) is 9.59 Å². The maximum absolute atomic E-state index is 13.1. The van der Waals surface area contributed by atoms with Gasteiger partial charge in [0.15, 0.2) is 0 Å². The molecule has 2 aromatic rings. The van der Waals surface area contributed by atoms with Crippen LogP contribution in [0.2, 0.25) is 5.02 Å². The number of hydrogen-bond donors (Lipinski definition) is 1. The van der Waals surface area contributed by atoms with E-state index in [4.69, 9.17) is 16.3 Å². The number of carbonyl (C=O) groups is 2. The summed E-state index contributed by atoms with van der Waals surface area (Å²) in [5.41, 5.74) is 2.98. The van der Waals surface area contributed by atoms with E-state index in [2.05, 4.69) is 35.9 Å². The van der Waals surface area contributed by atoms with Gasteiger partial charge in [-0.1, -0.05) is 24.9 Å². The number of anilines is 1. The Morgan fingerprint density at radius 2 is 2.04 bits per heavy atom. The molecule has 0 radical (unpaired) electrons. The number of esters is 1. The van der Waals surface area contributed by atoms with E-state index in [1.54, 1.807) is 18.2 Å². The highest BCUT2D eigenvalue weighted by Crippen LogP contribution is 2.32. The molecule has 3 rings (SSSR count). The number of halogens is 1. The molecule has 0 unspecified atom stereocenters. The monoisotopic (exact) mass is 389 g/mol. The Labute approximate surface area is 164 Å². The fraction of sp³-hybridized carbons (Fsp3) is 0.400. The summed E-state index contributed by atoms with van der Waals surface area (Å²) in [5.74, 6) is -0.518. The van der Waals surface area contributed by atoms with Crippen molar-refractivity contribution in [3.8, 4) is 0 Å². The molecule has 1 atom stereocenters. The summed E-state index contributed by atoms with van der Waals surface area (Å²) < 4.78 is 7.07. The van der Waals surface area contributed by atoms with Crippen molar-refractivity contribution in [3.05, 3.63) is 52.3 Å². The summed E-state index contributed by atoms with van der Waals surface area (Å²) in [5, 5.41) is 3.29. The lowest BCUT2D eigenvalue weighted by molar-refractivity contribution is 0.0602. The topological polar surface area (TPSA) is 63.6 Å². The van der Waals surface area contributed by atoms with Crippen LogP contribution in [0.25, 0.3) is 0 Å². The molecule has 0 fully saturated rings. The molecule has 0 spiro atoms. The quantitative estimate of drug-likeness (QED) is 0.775. The van der Waals surface area contributed by atoms with Crippen molar-refractivity contribution in [1.29, 1.82) is 0 Å². The van der Waals surface area contributed by atoms with Gasteiger partial charge in [-0.25, -0.2) is 9.59 Å². The van der Waals surface area contributed by atoms with Crippen LogP contribution < -0.4 is 5.32 Å². The third-order valence-electron chi connectivity index (χ3n) is 4.97. The predicted octanol–water partition coefficient (Wildman–Crippen LogP) is 4.63. The third kappa shape index (κ3) is 3.81. The predicted molar refractivity (Wildman–Crippen MR) is 105 cm³/mol. The number of nitrogens with zero attached hydrogens (tertiary/aromatic N) is 2. The van der Waals surface area contributed by atoms with Crippen molar-refractivity contribution in [2.24, 2.45) is 0 Å². The molecule has 1 N–H and O–H groups in total. The molecule has 1 aromatic heterocycles. The number of rotatable bonds is 4. The van der Waals surface area contributed by atoms with Crippen LogP contribution in [0.4, 0.5) is 10.5 Å². The molecule has 27 heavy (non-hydrogen) atoms. The number of fused-ring (bicyclic) bond motifs is 1. The van der Waals surface area contributed by atoms with Crippen molar-refractivity contribution >= 4 is 29.3 Å². The smallest absolute Gasteiger partial charge is 0.339 e. The van der Waals surface area contributed by atoms with Crippen molar-refractivity contribution in [2.75, 3.05) is 19.0 Å². The Hall–Kier alpha value is -2.47. The lowest BCUT2D eigenvalue weighted by Gasteiger charge is -2.37. The molecule has 1 aromatic carbocycles. The van der Waals surface area contributed by atoms with Crippen LogP contribution in [0.1, 0.15) is 47.6 Å². The van der Waals surface area contributed by atoms with Crippen LogP contribution in [-0.4, -0.2) is 35.1 Å². The van der Waals surface area contributed by atoms with Gasteiger partial charge in [0.1, 0.15) is 0 Å². The van der Waals surface area contributed by atoms with Gasteiger partial charge in [-0.2, -0.15) is 0 Å². The third-order valence-corrected chi connectivity index (χ3v) is 5.20. The summed E-state index contributed by atoms with van der Waals surface area (Å²) in [6.45, 7) is 5.54. The molecule has 1 aliphatic heterocycles. The average molecular weight is 390 g/mol. The van der Waals surface area contributed by atoms with Gasteiger partial charge in [0.25, 0.3) is 0 Å². The summed E-state index contributed by atoms with van der Waals surface area (Å²) in [4.78, 5) is 26.9. The van der Waals surface area contributed by atoms with Crippen LogP contribution in [0, 0.1) is 6.92 Å². The summed E-state index contributed by atoms with van der Waals surface area (Å²) in [6, 6.07) is 8.65. The number of hydrogen-bond acceptors (Lipinski definition) is 3. The Kier molecular flexibility index (Phi) is 5.75. The zero-order valence-electron chi connectivity index (χ0n) is 15.8. The standard InChI is InChI=1S/C20H24ClN3O3/c1-4-5-17-18-9-6-13(2)23(18)10-11-24(17)20(26)22-16-12-14(21)7-8-15(16)19(25)27-3/h6-9,12,17H,4-5,10-11H2,1-3H3,(H,22,26)/t17-/m0/s1. The minimum atomic E-state index is -0.518. The SMILES string of the molecule is CCC[C@H]1c2ccc(C)n2CCN1C(=O)Nc1cc(Cl)ccc1C(=O)OC. The fourth-order valence-corrected chi connectivity index (χ4v) is 3.80. The second-order valence-corrected chi connectivity index (χ2v) is 7.10. The molecule has 2 heterocycles. The molecule has 2 amide bonds. The van der Waals surface area contributed by atoms with Gasteiger partial charge in [0.2, 0.25) is 0 Å². The lowest BCUT2D eigenvalue weighted by atomic mass is 10.0. The van der Waals surface area contributed by atoms with Crippen LogP contribution in [0.5, 0.6) is 0 Å². The number of urea groups is 1. The number of ether oxygens (including phenoxy) is 1. The van der Waals surface area contributed by atoms with E-state index in [1.807, 2.05) is 4.90 Å².